The fraction of sp³-hybridized carbons (Fsp3) is 0.300. The normalized spacial score (nSPS) is 15.2. The van der Waals surface area contributed by atoms with E-state index in [1.165, 1.54) is 12.1 Å². The molecule has 1 N–H and O–H groups in total. The fourth-order valence-corrected chi connectivity index (χ4v) is 8.57. The molecule has 0 saturated heterocycles. The third-order valence-corrected chi connectivity index (χ3v) is 12.3. The number of aromatic hydroxyl groups is 1. The summed E-state index contributed by atoms with van der Waals surface area (Å²) in [6.45, 7) is 11.6. The molecule has 6 aromatic carbocycles. The summed E-state index contributed by atoms with van der Waals surface area (Å²) in [6, 6.07) is 43.4. The average Bonchev–Trinajstić information content (AvgIpc) is 3.69. The van der Waals surface area contributed by atoms with Crippen molar-refractivity contribution in [2.75, 3.05) is 0 Å². The first kappa shape index (κ1) is 34.2. The molecular formula is C60H65N3O. The van der Waals surface area contributed by atoms with Crippen molar-refractivity contribution in [3.63, 3.8) is 0 Å². The van der Waals surface area contributed by atoms with Crippen molar-refractivity contribution < 1.29 is 17.4 Å². The number of rotatable bonds is 8. The number of aromatic nitrogens is 3. The maximum atomic E-state index is 12.3. The monoisotopic (exact) mass is 853 g/mol. The highest BCUT2D eigenvalue weighted by atomic mass is 16.3. The lowest BCUT2D eigenvalue weighted by Crippen LogP contribution is -2.16. The van der Waals surface area contributed by atoms with E-state index < -0.39 is 26.0 Å². The van der Waals surface area contributed by atoms with Gasteiger partial charge in [0, 0.05) is 29.7 Å². The van der Waals surface area contributed by atoms with E-state index in [1.807, 2.05) is 12.1 Å². The van der Waals surface area contributed by atoms with Crippen molar-refractivity contribution in [2.24, 2.45) is 0 Å². The molecule has 8 aromatic rings. The summed E-state index contributed by atoms with van der Waals surface area (Å²) >= 11 is 0. The average molecular weight is 853 g/mol. The van der Waals surface area contributed by atoms with Gasteiger partial charge in [-0.3, -0.25) is 9.55 Å². The Bertz CT molecular complexity index is 3300. The summed E-state index contributed by atoms with van der Waals surface area (Å²) in [7, 11) is 0. The van der Waals surface area contributed by atoms with Crippen LogP contribution in [0.3, 0.4) is 0 Å². The molecule has 0 aliphatic heterocycles. The molecule has 0 atom stereocenters. The first-order chi connectivity index (χ1) is 33.9. The van der Waals surface area contributed by atoms with Crippen LogP contribution >= 0.6 is 0 Å². The Kier molecular flexibility index (Phi) is 8.92. The van der Waals surface area contributed by atoms with E-state index in [-0.39, 0.29) is 34.0 Å². The third kappa shape index (κ3) is 8.68. The van der Waals surface area contributed by atoms with Crippen LogP contribution in [0, 0.1) is 0 Å². The molecule has 4 nitrogen and oxygen atoms in total. The summed E-state index contributed by atoms with van der Waals surface area (Å²) in [6.07, 6.45) is 1.69. The summed E-state index contributed by atoms with van der Waals surface area (Å²) in [5.74, 6) is 1.08. The summed E-state index contributed by atoms with van der Waals surface area (Å²) in [4.78, 5) is 10.5. The van der Waals surface area contributed by atoms with Gasteiger partial charge in [0.25, 0.3) is 0 Å². The van der Waals surface area contributed by atoms with Crippen LogP contribution in [0.15, 0.2) is 140 Å². The van der Waals surface area contributed by atoms with Crippen LogP contribution in [0.5, 0.6) is 5.75 Å². The predicted molar refractivity (Wildman–Crippen MR) is 272 cm³/mol. The molecular weight excluding hydrogens is 779 g/mol. The molecule has 4 heteroatoms. The van der Waals surface area contributed by atoms with Gasteiger partial charge < -0.3 is 5.11 Å². The van der Waals surface area contributed by atoms with Gasteiger partial charge in [-0.1, -0.05) is 175 Å². The number of phenols is 1. The topological polar surface area (TPSA) is 50.9 Å². The molecule has 8 rings (SSSR count). The Morgan fingerprint density at radius 2 is 1.22 bits per heavy atom. The Balaban J connectivity index is 1.35. The Labute approximate surface area is 394 Å². The number of hydrogen-bond donors (Lipinski definition) is 1. The second-order valence-electron chi connectivity index (χ2n) is 19.9. The lowest BCUT2D eigenvalue weighted by Gasteiger charge is -2.26. The molecule has 2 aromatic heterocycles. The molecule has 0 bridgehead atoms. The number of phenolic OH excluding ortho intramolecular Hbond substituents is 1. The Hall–Kier alpha value is -6.26. The molecule has 0 amide bonds. The summed E-state index contributed by atoms with van der Waals surface area (Å²) in [5, 5.41) is 12.3. The van der Waals surface area contributed by atoms with Crippen LogP contribution in [-0.4, -0.2) is 19.6 Å². The van der Waals surface area contributed by atoms with E-state index in [0.717, 1.165) is 66.8 Å². The van der Waals surface area contributed by atoms with Crippen molar-refractivity contribution in [3.05, 3.63) is 167 Å². The highest BCUT2D eigenvalue weighted by Crippen LogP contribution is 2.45. The molecule has 0 saturated carbocycles. The van der Waals surface area contributed by atoms with Crippen LogP contribution in [0.2, 0.25) is 0 Å². The second kappa shape index (κ2) is 16.7. The number of nitrogens with zero attached hydrogens (tertiary/aromatic N) is 3. The van der Waals surface area contributed by atoms with Gasteiger partial charge in [0.2, 0.25) is 0 Å². The molecule has 0 radical (unpaired) electrons. The van der Waals surface area contributed by atoms with E-state index in [4.69, 9.17) is 22.3 Å². The summed E-state index contributed by atoms with van der Waals surface area (Å²) in [5.41, 5.74) is 10.2. The van der Waals surface area contributed by atoms with Gasteiger partial charge in [0.05, 0.1) is 28.0 Å². The largest absolute Gasteiger partial charge is 0.507 e. The van der Waals surface area contributed by atoms with Crippen LogP contribution in [0.4, 0.5) is 0 Å². The van der Waals surface area contributed by atoms with Crippen molar-refractivity contribution >= 4 is 11.0 Å². The fourth-order valence-electron chi connectivity index (χ4n) is 8.57. The van der Waals surface area contributed by atoms with Gasteiger partial charge in [-0.25, -0.2) is 4.98 Å². The lowest BCUT2D eigenvalue weighted by molar-refractivity contribution is 0.466. The molecule has 0 fully saturated rings. The maximum Gasteiger partial charge on any atom is 0.149 e. The minimum atomic E-state index is -3.36. The Morgan fingerprint density at radius 3 is 1.88 bits per heavy atom. The lowest BCUT2D eigenvalue weighted by atomic mass is 9.83. The number of imidazole rings is 1. The van der Waals surface area contributed by atoms with Crippen molar-refractivity contribution in [1.82, 2.24) is 14.5 Å². The van der Waals surface area contributed by atoms with Gasteiger partial charge in [0.1, 0.15) is 11.6 Å². The van der Waals surface area contributed by atoms with Crippen molar-refractivity contribution in [1.29, 1.82) is 0 Å². The third-order valence-electron chi connectivity index (χ3n) is 12.3. The maximum absolute atomic E-state index is 12.3. The molecule has 2 heterocycles. The molecule has 64 heavy (non-hydrogen) atoms. The van der Waals surface area contributed by atoms with E-state index in [1.54, 1.807) is 24.4 Å². The zero-order chi connectivity index (χ0) is 53.4. The number of benzene rings is 6. The van der Waals surface area contributed by atoms with Crippen LogP contribution in [0.25, 0.3) is 72.7 Å². The molecule has 0 unspecified atom stereocenters. The van der Waals surface area contributed by atoms with Crippen LogP contribution in [-0.2, 0) is 16.2 Å². The Morgan fingerprint density at radius 1 is 0.547 bits per heavy atom. The zero-order valence-corrected chi connectivity index (χ0v) is 38.7. The smallest absolute Gasteiger partial charge is 0.149 e. The number of fused-ring (bicyclic) bond motifs is 1. The first-order valence-corrected chi connectivity index (χ1v) is 22.3. The summed E-state index contributed by atoms with van der Waals surface area (Å²) < 4.78 is 76.1. The van der Waals surface area contributed by atoms with Crippen molar-refractivity contribution in [3.8, 4) is 67.5 Å². The number of hydrogen-bond acceptors (Lipinski definition) is 3. The first-order valence-electron chi connectivity index (χ1n) is 26.8. The van der Waals surface area contributed by atoms with Crippen LogP contribution < -0.4 is 0 Å². The van der Waals surface area contributed by atoms with E-state index in [2.05, 4.69) is 165 Å². The standard InChI is InChI=1S/C60H65N3O/c1-37(2)43-33-49(38(3)4)56(64)50(34-43)57-62-55-48(20-17-21-54(55)63(57)53-27-24-41(35-51(53)60(11,12)13)39-18-15-14-16-19-39)44-30-45(32-47(31-44)59(8,9)10)52-36-42(28-29-61-52)40-22-25-46(26-23-40)58(5,6)7/h14-38,64H,1-13H3/i5D3,6D3,7D3. The minimum Gasteiger partial charge on any atom is -0.507 e. The highest BCUT2D eigenvalue weighted by Gasteiger charge is 2.28. The van der Waals surface area contributed by atoms with Crippen molar-refractivity contribution in [2.45, 2.75) is 118 Å². The van der Waals surface area contributed by atoms with E-state index in [0.29, 0.717) is 28.2 Å². The van der Waals surface area contributed by atoms with Gasteiger partial charge in [0.15, 0.2) is 0 Å². The minimum absolute atomic E-state index is 0.0508. The highest BCUT2D eigenvalue weighted by molar-refractivity contribution is 5.97. The van der Waals surface area contributed by atoms with Gasteiger partial charge in [-0.05, 0) is 132 Å². The number of pyridine rings is 1. The SMILES string of the molecule is [2H]C([2H])([2H])C(c1ccc(-c2ccnc(-c3cc(-c4cccc5c4nc(-c4cc(C(C)C)cc(C(C)C)c4O)n5-c4ccc(-c5ccccc5)cc4C(C)(C)C)cc(C(C)(C)C)c3)c2)cc1)(C([2H])([2H])[2H])C([2H])([2H])[2H]. The predicted octanol–water partition coefficient (Wildman–Crippen LogP) is 16.6. The zero-order valence-electron chi connectivity index (χ0n) is 47.7. The molecule has 0 aliphatic rings. The van der Waals surface area contributed by atoms with E-state index >= 15 is 0 Å². The van der Waals surface area contributed by atoms with E-state index in [9.17, 15) is 5.11 Å². The number of para-hydroxylation sites is 1. The molecule has 0 spiro atoms. The molecule has 0 aliphatic carbocycles. The van der Waals surface area contributed by atoms with Crippen LogP contribution in [0.1, 0.15) is 142 Å². The molecule has 326 valence electrons. The van der Waals surface area contributed by atoms with Gasteiger partial charge in [-0.2, -0.15) is 0 Å². The quantitative estimate of drug-likeness (QED) is 0.166. The van der Waals surface area contributed by atoms with Gasteiger partial charge in [-0.15, -0.1) is 0 Å². The second-order valence-corrected chi connectivity index (χ2v) is 19.9. The van der Waals surface area contributed by atoms with Gasteiger partial charge >= 0.3 is 0 Å².